The molecule has 1 fully saturated rings. The number of anilines is 1. The lowest BCUT2D eigenvalue weighted by Crippen LogP contribution is -2.28. The second-order valence-electron chi connectivity index (χ2n) is 4.29. The highest BCUT2D eigenvalue weighted by molar-refractivity contribution is 5.42. The Morgan fingerprint density at radius 2 is 2.12 bits per heavy atom. The van der Waals surface area contributed by atoms with Gasteiger partial charge in [0.15, 0.2) is 0 Å². The summed E-state index contributed by atoms with van der Waals surface area (Å²) in [5, 5.41) is 9.47. The Balaban J connectivity index is 2.19. The van der Waals surface area contributed by atoms with Crippen LogP contribution in [-0.2, 0) is 6.18 Å². The van der Waals surface area contributed by atoms with E-state index < -0.39 is 17.8 Å². The summed E-state index contributed by atoms with van der Waals surface area (Å²) in [6.45, 7) is 2.33. The van der Waals surface area contributed by atoms with Crippen molar-refractivity contribution in [2.24, 2.45) is 0 Å². The Kier molecular flexibility index (Phi) is 2.99. The molecule has 0 saturated carbocycles. The summed E-state index contributed by atoms with van der Waals surface area (Å²) in [5.41, 5.74) is -0.756. The smallest absolute Gasteiger partial charge is 0.391 e. The third kappa shape index (κ3) is 2.52. The van der Waals surface area contributed by atoms with E-state index in [0.717, 1.165) is 12.3 Å². The highest BCUT2D eigenvalue weighted by Gasteiger charge is 2.32. The Bertz CT molecular complexity index is 391. The van der Waals surface area contributed by atoms with E-state index in [4.69, 9.17) is 0 Å². The van der Waals surface area contributed by atoms with Gasteiger partial charge < -0.3 is 10.0 Å². The maximum atomic E-state index is 12.3. The molecule has 3 nitrogen and oxygen atoms in total. The quantitative estimate of drug-likeness (QED) is 0.824. The minimum Gasteiger partial charge on any atom is -0.391 e. The van der Waals surface area contributed by atoms with Crippen LogP contribution < -0.4 is 4.90 Å². The molecule has 2 rings (SSSR count). The average Bonchev–Trinajstić information content (AvgIpc) is 2.57. The molecule has 0 aliphatic carbocycles. The first-order valence-electron chi connectivity index (χ1n) is 5.36. The molecule has 0 radical (unpaired) electrons. The van der Waals surface area contributed by atoms with Gasteiger partial charge in [-0.25, -0.2) is 4.98 Å². The number of alkyl halides is 3. The third-order valence-electron chi connectivity index (χ3n) is 2.92. The fourth-order valence-corrected chi connectivity index (χ4v) is 2.05. The van der Waals surface area contributed by atoms with Crippen molar-refractivity contribution in [1.82, 2.24) is 4.98 Å². The highest BCUT2D eigenvalue weighted by Crippen LogP contribution is 2.30. The molecule has 0 spiro atoms. The lowest BCUT2D eigenvalue weighted by molar-refractivity contribution is -0.137. The second kappa shape index (κ2) is 4.18. The van der Waals surface area contributed by atoms with Crippen LogP contribution in [0.1, 0.15) is 18.9 Å². The maximum absolute atomic E-state index is 12.3. The number of aliphatic hydroxyl groups excluding tert-OH is 1. The molecule has 2 atom stereocenters. The number of aliphatic hydroxyl groups is 1. The predicted octanol–water partition coefficient (Wildman–Crippen LogP) is 2.06. The summed E-state index contributed by atoms with van der Waals surface area (Å²) >= 11 is 0. The Morgan fingerprint density at radius 1 is 1.41 bits per heavy atom. The van der Waals surface area contributed by atoms with Crippen LogP contribution >= 0.6 is 0 Å². The standard InChI is InChI=1S/C11H13F3N2O/c1-7-4-9(17)6-16(7)10-3-2-8(5-15-10)11(12,13)14/h2-3,5,7,9,17H,4,6H2,1H3/t7?,9-/m1/s1. The van der Waals surface area contributed by atoms with Gasteiger partial charge in [0.05, 0.1) is 11.7 Å². The molecular formula is C11H13F3N2O. The number of pyridine rings is 1. The first-order valence-corrected chi connectivity index (χ1v) is 5.36. The molecule has 94 valence electrons. The van der Waals surface area contributed by atoms with Crippen molar-refractivity contribution in [3.8, 4) is 0 Å². The van der Waals surface area contributed by atoms with Crippen LogP contribution in [0.2, 0.25) is 0 Å². The number of nitrogens with zero attached hydrogens (tertiary/aromatic N) is 2. The predicted molar refractivity (Wildman–Crippen MR) is 56.7 cm³/mol. The van der Waals surface area contributed by atoms with Gasteiger partial charge in [-0.05, 0) is 25.5 Å². The number of rotatable bonds is 1. The first-order chi connectivity index (χ1) is 7.88. The van der Waals surface area contributed by atoms with Crippen molar-refractivity contribution >= 4 is 5.82 Å². The van der Waals surface area contributed by atoms with Gasteiger partial charge in [0, 0.05) is 18.8 Å². The summed E-state index contributed by atoms with van der Waals surface area (Å²) in [6.07, 6.45) is -3.36. The zero-order valence-corrected chi connectivity index (χ0v) is 9.28. The Hall–Kier alpha value is -1.30. The largest absolute Gasteiger partial charge is 0.417 e. The van der Waals surface area contributed by atoms with Gasteiger partial charge >= 0.3 is 6.18 Å². The van der Waals surface area contributed by atoms with Crippen molar-refractivity contribution in [2.75, 3.05) is 11.4 Å². The summed E-state index contributed by atoms with van der Waals surface area (Å²) in [4.78, 5) is 5.62. The zero-order chi connectivity index (χ0) is 12.6. The van der Waals surface area contributed by atoms with Crippen LogP contribution in [0.15, 0.2) is 18.3 Å². The van der Waals surface area contributed by atoms with Crippen molar-refractivity contribution in [3.05, 3.63) is 23.9 Å². The van der Waals surface area contributed by atoms with Crippen LogP contribution in [0, 0.1) is 0 Å². The molecule has 2 heterocycles. The van der Waals surface area contributed by atoms with Crippen LogP contribution in [0.5, 0.6) is 0 Å². The summed E-state index contributed by atoms with van der Waals surface area (Å²) < 4.78 is 37.0. The maximum Gasteiger partial charge on any atom is 0.417 e. The van der Waals surface area contributed by atoms with E-state index in [-0.39, 0.29) is 6.04 Å². The summed E-state index contributed by atoms with van der Waals surface area (Å²) in [6, 6.07) is 2.45. The molecule has 1 aromatic heterocycles. The molecule has 1 saturated heterocycles. The number of β-amino-alcohol motifs (C(OH)–C–C–N with tert-alkyl or cyclic N) is 1. The van der Waals surface area contributed by atoms with E-state index in [0.29, 0.717) is 18.8 Å². The van der Waals surface area contributed by atoms with Gasteiger partial charge in [-0.15, -0.1) is 0 Å². The molecular weight excluding hydrogens is 233 g/mol. The lowest BCUT2D eigenvalue weighted by atomic mass is 10.2. The van der Waals surface area contributed by atoms with Crippen molar-refractivity contribution in [1.29, 1.82) is 0 Å². The average molecular weight is 246 g/mol. The minimum atomic E-state index is -4.36. The van der Waals surface area contributed by atoms with Crippen molar-refractivity contribution < 1.29 is 18.3 Å². The van der Waals surface area contributed by atoms with Gasteiger partial charge in [0.25, 0.3) is 0 Å². The fourth-order valence-electron chi connectivity index (χ4n) is 2.05. The topological polar surface area (TPSA) is 36.4 Å². The number of aromatic nitrogens is 1. The monoisotopic (exact) mass is 246 g/mol. The number of hydrogen-bond donors (Lipinski definition) is 1. The summed E-state index contributed by atoms with van der Waals surface area (Å²) in [5.74, 6) is 0.474. The molecule has 1 unspecified atom stereocenters. The lowest BCUT2D eigenvalue weighted by Gasteiger charge is -2.22. The SMILES string of the molecule is CC1C[C@@H](O)CN1c1ccc(C(F)(F)F)cn1. The number of hydrogen-bond acceptors (Lipinski definition) is 3. The van der Waals surface area contributed by atoms with Gasteiger partial charge in [-0.1, -0.05) is 0 Å². The summed E-state index contributed by atoms with van der Waals surface area (Å²) in [7, 11) is 0. The normalized spacial score (nSPS) is 25.4. The molecule has 1 aliphatic heterocycles. The van der Waals surface area contributed by atoms with E-state index >= 15 is 0 Å². The molecule has 0 aromatic carbocycles. The molecule has 0 bridgehead atoms. The van der Waals surface area contributed by atoms with Gasteiger partial charge in [0.1, 0.15) is 5.82 Å². The molecule has 0 amide bonds. The molecule has 1 aromatic rings. The number of halogens is 3. The molecule has 6 heteroatoms. The van der Waals surface area contributed by atoms with E-state index in [1.165, 1.54) is 6.07 Å². The first kappa shape index (κ1) is 12.2. The molecule has 17 heavy (non-hydrogen) atoms. The molecule has 1 aliphatic rings. The second-order valence-corrected chi connectivity index (χ2v) is 4.29. The zero-order valence-electron chi connectivity index (χ0n) is 9.28. The van der Waals surface area contributed by atoms with Gasteiger partial charge in [0.2, 0.25) is 0 Å². The van der Waals surface area contributed by atoms with E-state index in [1.54, 1.807) is 0 Å². The van der Waals surface area contributed by atoms with E-state index in [9.17, 15) is 18.3 Å². The van der Waals surface area contributed by atoms with E-state index in [2.05, 4.69) is 4.98 Å². The van der Waals surface area contributed by atoms with E-state index in [1.807, 2.05) is 11.8 Å². The third-order valence-corrected chi connectivity index (χ3v) is 2.92. The molecule has 1 N–H and O–H groups in total. The fraction of sp³-hybridized carbons (Fsp3) is 0.545. The van der Waals surface area contributed by atoms with Gasteiger partial charge in [-0.2, -0.15) is 13.2 Å². The van der Waals surface area contributed by atoms with Crippen LogP contribution in [-0.4, -0.2) is 28.8 Å². The van der Waals surface area contributed by atoms with Crippen molar-refractivity contribution in [2.45, 2.75) is 31.7 Å². The van der Waals surface area contributed by atoms with Crippen molar-refractivity contribution in [3.63, 3.8) is 0 Å². The highest BCUT2D eigenvalue weighted by atomic mass is 19.4. The van der Waals surface area contributed by atoms with Crippen LogP contribution in [0.25, 0.3) is 0 Å². The van der Waals surface area contributed by atoms with Crippen LogP contribution in [0.3, 0.4) is 0 Å². The minimum absolute atomic E-state index is 0.0919. The van der Waals surface area contributed by atoms with Crippen LogP contribution in [0.4, 0.5) is 19.0 Å². The Labute approximate surface area is 96.9 Å². The van der Waals surface area contributed by atoms with Gasteiger partial charge in [-0.3, -0.25) is 0 Å². The Morgan fingerprint density at radius 3 is 2.53 bits per heavy atom.